The van der Waals surface area contributed by atoms with Gasteiger partial charge in [0.25, 0.3) is 0 Å². The molecule has 0 radical (unpaired) electrons. The summed E-state index contributed by atoms with van der Waals surface area (Å²) in [5, 5.41) is 2.64. The number of esters is 1. The van der Waals surface area contributed by atoms with Crippen LogP contribution < -0.4 is 10.1 Å². The smallest absolute Gasteiger partial charge is 0.339 e. The SMILES string of the molecule is CC(=O)Nc1ccc(C(=O)C(C)OC(=O)c2ccccc2COc2ccccc2)cc1. The molecule has 0 fully saturated rings. The fraction of sp³-hybridized carbons (Fsp3) is 0.160. The molecule has 0 aromatic heterocycles. The molecular weight excluding hydrogens is 394 g/mol. The third kappa shape index (κ3) is 6.02. The number of ketones is 1. The number of anilines is 1. The summed E-state index contributed by atoms with van der Waals surface area (Å²) >= 11 is 0. The van der Waals surface area contributed by atoms with Gasteiger partial charge < -0.3 is 14.8 Å². The van der Waals surface area contributed by atoms with Gasteiger partial charge in [-0.15, -0.1) is 0 Å². The number of amides is 1. The Morgan fingerprint density at radius 3 is 2.19 bits per heavy atom. The van der Waals surface area contributed by atoms with Crippen molar-refractivity contribution in [1.82, 2.24) is 0 Å². The monoisotopic (exact) mass is 417 g/mol. The summed E-state index contributed by atoms with van der Waals surface area (Å²) in [4.78, 5) is 36.5. The van der Waals surface area contributed by atoms with Gasteiger partial charge in [0.1, 0.15) is 12.4 Å². The Hall–Kier alpha value is -3.93. The first-order chi connectivity index (χ1) is 14.9. The number of para-hydroxylation sites is 1. The fourth-order valence-corrected chi connectivity index (χ4v) is 2.96. The number of hydrogen-bond donors (Lipinski definition) is 1. The summed E-state index contributed by atoms with van der Waals surface area (Å²) < 4.78 is 11.2. The molecule has 0 aliphatic rings. The highest BCUT2D eigenvalue weighted by Gasteiger charge is 2.22. The molecule has 6 heteroatoms. The number of ether oxygens (including phenoxy) is 2. The number of carbonyl (C=O) groups excluding carboxylic acids is 3. The van der Waals surface area contributed by atoms with Crippen molar-refractivity contribution in [1.29, 1.82) is 0 Å². The molecular formula is C25H23NO5. The van der Waals surface area contributed by atoms with Crippen molar-refractivity contribution in [2.24, 2.45) is 0 Å². The largest absolute Gasteiger partial charge is 0.489 e. The first-order valence-electron chi connectivity index (χ1n) is 9.82. The van der Waals surface area contributed by atoms with Gasteiger partial charge in [-0.1, -0.05) is 36.4 Å². The molecule has 158 valence electrons. The number of hydrogen-bond acceptors (Lipinski definition) is 5. The van der Waals surface area contributed by atoms with E-state index in [1.54, 1.807) is 42.5 Å². The van der Waals surface area contributed by atoms with Crippen LogP contribution in [0.25, 0.3) is 0 Å². The molecule has 3 aromatic rings. The van der Waals surface area contributed by atoms with E-state index in [0.717, 1.165) is 0 Å². The van der Waals surface area contributed by atoms with E-state index in [1.165, 1.54) is 13.8 Å². The van der Waals surface area contributed by atoms with Crippen molar-refractivity contribution in [2.75, 3.05) is 5.32 Å². The molecule has 0 saturated heterocycles. The van der Waals surface area contributed by atoms with E-state index in [1.807, 2.05) is 36.4 Å². The predicted octanol–water partition coefficient (Wildman–Crippen LogP) is 4.65. The van der Waals surface area contributed by atoms with E-state index in [-0.39, 0.29) is 18.3 Å². The molecule has 0 spiro atoms. The summed E-state index contributed by atoms with van der Waals surface area (Å²) in [6.07, 6.45) is -0.970. The van der Waals surface area contributed by atoms with Gasteiger partial charge in [0.05, 0.1) is 5.56 Å². The standard InChI is InChI=1S/C25H23NO5/c1-17(24(28)19-12-14-21(15-13-19)26-18(2)27)31-25(29)23-11-7-6-8-20(23)16-30-22-9-4-3-5-10-22/h3-15,17H,16H2,1-2H3,(H,26,27). The molecule has 1 unspecified atom stereocenters. The summed E-state index contributed by atoms with van der Waals surface area (Å²) in [5.41, 5.74) is 1.98. The molecule has 0 aliphatic heterocycles. The minimum absolute atomic E-state index is 0.197. The molecule has 0 bridgehead atoms. The summed E-state index contributed by atoms with van der Waals surface area (Å²) in [6, 6.07) is 22.7. The summed E-state index contributed by atoms with van der Waals surface area (Å²) in [5.74, 6) is -0.433. The normalized spacial score (nSPS) is 11.3. The van der Waals surface area contributed by atoms with Crippen molar-refractivity contribution in [3.63, 3.8) is 0 Å². The predicted molar refractivity (Wildman–Crippen MR) is 117 cm³/mol. The number of rotatable bonds is 8. The molecule has 3 aromatic carbocycles. The van der Waals surface area contributed by atoms with Gasteiger partial charge in [-0.3, -0.25) is 9.59 Å². The molecule has 0 heterocycles. The Balaban J connectivity index is 1.65. The minimum atomic E-state index is -0.970. The van der Waals surface area contributed by atoms with Crippen LogP contribution in [0.15, 0.2) is 78.9 Å². The van der Waals surface area contributed by atoms with Gasteiger partial charge in [0, 0.05) is 23.7 Å². The van der Waals surface area contributed by atoms with Crippen molar-refractivity contribution < 1.29 is 23.9 Å². The Labute approximate surface area is 180 Å². The second-order valence-corrected chi connectivity index (χ2v) is 6.93. The third-order valence-corrected chi connectivity index (χ3v) is 4.52. The Bertz CT molecular complexity index is 1060. The average molecular weight is 417 g/mol. The number of benzene rings is 3. The molecule has 0 aliphatic carbocycles. The lowest BCUT2D eigenvalue weighted by Crippen LogP contribution is -2.25. The highest BCUT2D eigenvalue weighted by molar-refractivity contribution is 6.02. The second kappa shape index (κ2) is 10.2. The maximum atomic E-state index is 12.7. The lowest BCUT2D eigenvalue weighted by molar-refractivity contribution is -0.114. The summed E-state index contributed by atoms with van der Waals surface area (Å²) in [7, 11) is 0. The van der Waals surface area contributed by atoms with Crippen molar-refractivity contribution >= 4 is 23.3 Å². The zero-order valence-corrected chi connectivity index (χ0v) is 17.3. The van der Waals surface area contributed by atoms with Crippen LogP contribution in [0.2, 0.25) is 0 Å². The van der Waals surface area contributed by atoms with Crippen LogP contribution in [0.1, 0.15) is 40.1 Å². The van der Waals surface area contributed by atoms with E-state index >= 15 is 0 Å². The van der Waals surface area contributed by atoms with Gasteiger partial charge in [-0.05, 0) is 49.4 Å². The Morgan fingerprint density at radius 1 is 0.871 bits per heavy atom. The van der Waals surface area contributed by atoms with E-state index in [2.05, 4.69) is 5.32 Å². The summed E-state index contributed by atoms with van der Waals surface area (Å²) in [6.45, 7) is 3.14. The van der Waals surface area contributed by atoms with E-state index < -0.39 is 12.1 Å². The molecule has 0 saturated carbocycles. The van der Waals surface area contributed by atoms with Crippen LogP contribution in [0.4, 0.5) is 5.69 Å². The molecule has 1 N–H and O–H groups in total. The zero-order valence-electron chi connectivity index (χ0n) is 17.3. The lowest BCUT2D eigenvalue weighted by Gasteiger charge is -2.15. The third-order valence-electron chi connectivity index (χ3n) is 4.52. The van der Waals surface area contributed by atoms with Crippen molar-refractivity contribution in [3.05, 3.63) is 95.6 Å². The van der Waals surface area contributed by atoms with Gasteiger partial charge in [-0.2, -0.15) is 0 Å². The quantitative estimate of drug-likeness (QED) is 0.426. The molecule has 6 nitrogen and oxygen atoms in total. The van der Waals surface area contributed by atoms with E-state index in [4.69, 9.17) is 9.47 Å². The topological polar surface area (TPSA) is 81.7 Å². The Morgan fingerprint density at radius 2 is 1.52 bits per heavy atom. The van der Waals surface area contributed by atoms with Crippen LogP contribution in [-0.4, -0.2) is 23.8 Å². The van der Waals surface area contributed by atoms with Gasteiger partial charge in [0.2, 0.25) is 11.7 Å². The van der Waals surface area contributed by atoms with Crippen LogP contribution in [0.5, 0.6) is 5.75 Å². The molecule has 3 rings (SSSR count). The van der Waals surface area contributed by atoms with Crippen LogP contribution >= 0.6 is 0 Å². The first kappa shape index (κ1) is 21.8. The average Bonchev–Trinajstić information content (AvgIpc) is 2.78. The lowest BCUT2D eigenvalue weighted by atomic mass is 10.1. The minimum Gasteiger partial charge on any atom is -0.489 e. The van der Waals surface area contributed by atoms with Gasteiger partial charge in [0.15, 0.2) is 6.10 Å². The number of Topliss-reactive ketones (excluding diaryl/α,β-unsaturated/α-hetero) is 1. The van der Waals surface area contributed by atoms with Gasteiger partial charge >= 0.3 is 5.97 Å². The van der Waals surface area contributed by atoms with Crippen LogP contribution in [0, 0.1) is 0 Å². The maximum absolute atomic E-state index is 12.7. The number of carbonyl (C=O) groups is 3. The Kier molecular flexibility index (Phi) is 7.17. The second-order valence-electron chi connectivity index (χ2n) is 6.93. The highest BCUT2D eigenvalue weighted by atomic mass is 16.5. The fourth-order valence-electron chi connectivity index (χ4n) is 2.96. The van der Waals surface area contributed by atoms with E-state index in [9.17, 15) is 14.4 Å². The van der Waals surface area contributed by atoms with E-state index in [0.29, 0.717) is 28.1 Å². The van der Waals surface area contributed by atoms with Gasteiger partial charge in [-0.25, -0.2) is 4.79 Å². The maximum Gasteiger partial charge on any atom is 0.339 e. The highest BCUT2D eigenvalue weighted by Crippen LogP contribution is 2.18. The molecule has 1 atom stereocenters. The van der Waals surface area contributed by atoms with Crippen LogP contribution in [0.3, 0.4) is 0 Å². The molecule has 31 heavy (non-hydrogen) atoms. The molecule has 1 amide bonds. The first-order valence-corrected chi connectivity index (χ1v) is 9.82. The van der Waals surface area contributed by atoms with Crippen LogP contribution in [-0.2, 0) is 16.1 Å². The van der Waals surface area contributed by atoms with Crippen molar-refractivity contribution in [2.45, 2.75) is 26.6 Å². The zero-order chi connectivity index (χ0) is 22.2. The van der Waals surface area contributed by atoms with Crippen molar-refractivity contribution in [3.8, 4) is 5.75 Å². The number of nitrogens with one attached hydrogen (secondary N) is 1.